The first kappa shape index (κ1) is 15.3. The summed E-state index contributed by atoms with van der Waals surface area (Å²) in [5.74, 6) is 0. The van der Waals surface area contributed by atoms with Crippen LogP contribution in [-0.4, -0.2) is 37.6 Å². The van der Waals surface area contributed by atoms with Crippen LogP contribution in [0.5, 0.6) is 0 Å². The van der Waals surface area contributed by atoms with E-state index in [0.29, 0.717) is 0 Å². The topological polar surface area (TPSA) is 15.3 Å². The zero-order valence-corrected chi connectivity index (χ0v) is 11.5. The summed E-state index contributed by atoms with van der Waals surface area (Å²) in [5.41, 5.74) is 0.417. The van der Waals surface area contributed by atoms with Crippen LogP contribution in [0.15, 0.2) is 24.3 Å². The zero-order valence-electron chi connectivity index (χ0n) is 11.5. The molecule has 0 amide bonds. The molecule has 0 aromatic heterocycles. The van der Waals surface area contributed by atoms with Crippen LogP contribution in [0.4, 0.5) is 13.2 Å². The smallest absolute Gasteiger partial charge is 0.314 e. The van der Waals surface area contributed by atoms with Crippen LogP contribution in [-0.2, 0) is 12.6 Å². The van der Waals surface area contributed by atoms with Crippen molar-refractivity contribution in [2.75, 3.05) is 32.7 Å². The third kappa shape index (κ3) is 4.80. The Kier molecular flexibility index (Phi) is 5.43. The molecule has 2 rings (SSSR count). The molecule has 20 heavy (non-hydrogen) atoms. The highest BCUT2D eigenvalue weighted by Crippen LogP contribution is 2.29. The average Bonchev–Trinajstić information content (AvgIpc) is 2.44. The van der Waals surface area contributed by atoms with Crippen molar-refractivity contribution in [3.05, 3.63) is 35.4 Å². The van der Waals surface area contributed by atoms with Gasteiger partial charge in [-0.3, -0.25) is 0 Å². The highest BCUT2D eigenvalue weighted by atomic mass is 19.4. The lowest BCUT2D eigenvalue weighted by Gasteiger charge is -2.27. The Bertz CT molecular complexity index is 395. The maximum Gasteiger partial charge on any atom is 0.416 e. The molecule has 0 radical (unpaired) electrons. The van der Waals surface area contributed by atoms with E-state index < -0.39 is 11.7 Å². The molecule has 0 spiro atoms. The molecular formula is C15H21F3N2. The van der Waals surface area contributed by atoms with E-state index in [1.165, 1.54) is 12.1 Å². The molecule has 1 aromatic carbocycles. The molecule has 1 fully saturated rings. The number of hydrogen-bond donors (Lipinski definition) is 1. The fraction of sp³-hybridized carbons (Fsp3) is 0.600. The van der Waals surface area contributed by atoms with Gasteiger partial charge >= 0.3 is 6.18 Å². The molecule has 1 heterocycles. The van der Waals surface area contributed by atoms with Gasteiger partial charge in [-0.15, -0.1) is 0 Å². The van der Waals surface area contributed by atoms with Crippen molar-refractivity contribution in [1.29, 1.82) is 0 Å². The van der Waals surface area contributed by atoms with Gasteiger partial charge in [0, 0.05) is 26.2 Å². The molecule has 1 N–H and O–H groups in total. The maximum atomic E-state index is 12.4. The summed E-state index contributed by atoms with van der Waals surface area (Å²) in [4.78, 5) is 2.43. The first-order valence-corrected chi connectivity index (χ1v) is 7.15. The van der Waals surface area contributed by atoms with Crippen molar-refractivity contribution in [1.82, 2.24) is 10.2 Å². The number of unbranched alkanes of at least 4 members (excludes halogenated alkanes) is 1. The number of halogens is 3. The second-order valence-corrected chi connectivity index (χ2v) is 5.24. The number of benzene rings is 1. The zero-order chi connectivity index (χ0) is 14.4. The molecule has 1 aromatic rings. The summed E-state index contributed by atoms with van der Waals surface area (Å²) in [6, 6.07) is 5.53. The number of aryl methyl sites for hydroxylation is 1. The highest BCUT2D eigenvalue weighted by molar-refractivity contribution is 5.24. The Morgan fingerprint density at radius 2 is 1.65 bits per heavy atom. The van der Waals surface area contributed by atoms with Crippen LogP contribution in [0.25, 0.3) is 0 Å². The third-order valence-corrected chi connectivity index (χ3v) is 3.68. The number of piperazine rings is 1. The number of alkyl halides is 3. The fourth-order valence-electron chi connectivity index (χ4n) is 2.46. The van der Waals surface area contributed by atoms with Gasteiger partial charge in [0.05, 0.1) is 5.56 Å². The number of hydrogen-bond acceptors (Lipinski definition) is 2. The average molecular weight is 286 g/mol. The summed E-state index contributed by atoms with van der Waals surface area (Å²) in [6.45, 7) is 5.39. The van der Waals surface area contributed by atoms with Crippen molar-refractivity contribution >= 4 is 0 Å². The van der Waals surface area contributed by atoms with Gasteiger partial charge in [-0.25, -0.2) is 0 Å². The normalized spacial score (nSPS) is 17.4. The molecule has 1 aliphatic rings. The Labute approximate surface area is 118 Å². The Morgan fingerprint density at radius 1 is 1.00 bits per heavy atom. The Morgan fingerprint density at radius 3 is 2.25 bits per heavy atom. The fourth-order valence-corrected chi connectivity index (χ4v) is 2.46. The van der Waals surface area contributed by atoms with E-state index in [9.17, 15) is 13.2 Å². The van der Waals surface area contributed by atoms with Crippen LogP contribution in [0, 0.1) is 0 Å². The molecule has 0 atom stereocenters. The second-order valence-electron chi connectivity index (χ2n) is 5.24. The van der Waals surface area contributed by atoms with E-state index in [1.807, 2.05) is 0 Å². The van der Waals surface area contributed by atoms with E-state index in [-0.39, 0.29) is 0 Å². The lowest BCUT2D eigenvalue weighted by Crippen LogP contribution is -2.43. The first-order valence-electron chi connectivity index (χ1n) is 7.15. The van der Waals surface area contributed by atoms with E-state index in [4.69, 9.17) is 0 Å². The largest absolute Gasteiger partial charge is 0.416 e. The van der Waals surface area contributed by atoms with E-state index in [2.05, 4.69) is 10.2 Å². The van der Waals surface area contributed by atoms with Gasteiger partial charge in [-0.1, -0.05) is 12.1 Å². The van der Waals surface area contributed by atoms with Crippen molar-refractivity contribution in [3.8, 4) is 0 Å². The summed E-state index contributed by atoms with van der Waals surface area (Å²) in [7, 11) is 0. The monoisotopic (exact) mass is 286 g/mol. The van der Waals surface area contributed by atoms with Gasteiger partial charge < -0.3 is 10.2 Å². The lowest BCUT2D eigenvalue weighted by molar-refractivity contribution is -0.137. The summed E-state index contributed by atoms with van der Waals surface area (Å²) in [5, 5.41) is 3.31. The molecule has 0 saturated carbocycles. The predicted octanol–water partition coefficient (Wildman–Crippen LogP) is 2.93. The Balaban J connectivity index is 1.68. The lowest BCUT2D eigenvalue weighted by atomic mass is 10.1. The van der Waals surface area contributed by atoms with Gasteiger partial charge in [0.1, 0.15) is 0 Å². The molecule has 1 aliphatic heterocycles. The summed E-state index contributed by atoms with van der Waals surface area (Å²) in [6.07, 6.45) is -1.26. The SMILES string of the molecule is FC(F)(F)c1ccc(CCCCN2CCNCC2)cc1. The molecule has 2 nitrogen and oxygen atoms in total. The molecule has 0 aliphatic carbocycles. The molecular weight excluding hydrogens is 265 g/mol. The number of rotatable bonds is 5. The van der Waals surface area contributed by atoms with E-state index in [0.717, 1.165) is 57.5 Å². The molecule has 112 valence electrons. The van der Waals surface area contributed by atoms with E-state index in [1.54, 1.807) is 12.1 Å². The van der Waals surface area contributed by atoms with Crippen LogP contribution < -0.4 is 5.32 Å². The second kappa shape index (κ2) is 7.09. The first-order chi connectivity index (χ1) is 9.55. The van der Waals surface area contributed by atoms with Gasteiger partial charge in [0.15, 0.2) is 0 Å². The van der Waals surface area contributed by atoms with Crippen LogP contribution in [0.3, 0.4) is 0 Å². The van der Waals surface area contributed by atoms with Gasteiger partial charge in [0.25, 0.3) is 0 Å². The van der Waals surface area contributed by atoms with Crippen molar-refractivity contribution in [2.45, 2.75) is 25.4 Å². The van der Waals surface area contributed by atoms with Crippen molar-refractivity contribution in [3.63, 3.8) is 0 Å². The van der Waals surface area contributed by atoms with Crippen LogP contribution in [0.2, 0.25) is 0 Å². The highest BCUT2D eigenvalue weighted by Gasteiger charge is 2.29. The predicted molar refractivity (Wildman–Crippen MR) is 73.7 cm³/mol. The third-order valence-electron chi connectivity index (χ3n) is 3.68. The van der Waals surface area contributed by atoms with Crippen molar-refractivity contribution < 1.29 is 13.2 Å². The summed E-state index contributed by atoms with van der Waals surface area (Å²) >= 11 is 0. The van der Waals surface area contributed by atoms with Gasteiger partial charge in [-0.05, 0) is 43.5 Å². The van der Waals surface area contributed by atoms with Gasteiger partial charge in [-0.2, -0.15) is 13.2 Å². The van der Waals surface area contributed by atoms with Crippen LogP contribution >= 0.6 is 0 Å². The minimum absolute atomic E-state index is 0.568. The van der Waals surface area contributed by atoms with Crippen LogP contribution in [0.1, 0.15) is 24.0 Å². The number of nitrogens with one attached hydrogen (secondary N) is 1. The summed E-state index contributed by atoms with van der Waals surface area (Å²) < 4.78 is 37.3. The minimum atomic E-state index is -4.24. The minimum Gasteiger partial charge on any atom is -0.314 e. The van der Waals surface area contributed by atoms with E-state index >= 15 is 0 Å². The van der Waals surface area contributed by atoms with Crippen molar-refractivity contribution in [2.24, 2.45) is 0 Å². The number of nitrogens with zero attached hydrogens (tertiary/aromatic N) is 1. The Hall–Kier alpha value is -1.07. The molecule has 0 bridgehead atoms. The quantitative estimate of drug-likeness (QED) is 0.837. The molecule has 0 unspecified atom stereocenters. The standard InChI is InChI=1S/C15H21F3N2/c16-15(17,18)14-6-4-13(5-7-14)3-1-2-10-20-11-8-19-9-12-20/h4-7,19H,1-3,8-12H2. The molecule has 1 saturated heterocycles. The maximum absolute atomic E-state index is 12.4. The molecule has 5 heteroatoms. The van der Waals surface area contributed by atoms with Gasteiger partial charge in [0.2, 0.25) is 0 Å².